The Morgan fingerprint density at radius 2 is 1.23 bits per heavy atom. The molecule has 0 bridgehead atoms. The Labute approximate surface area is 328 Å². The molecule has 9 aromatic carbocycles. The van der Waals surface area contributed by atoms with Gasteiger partial charge in [0.2, 0.25) is 0 Å². The summed E-state index contributed by atoms with van der Waals surface area (Å²) in [5.74, 6) is 0. The number of hydrogen-bond donors (Lipinski definition) is 1. The van der Waals surface area contributed by atoms with Crippen LogP contribution in [0.5, 0.6) is 0 Å². The van der Waals surface area contributed by atoms with Gasteiger partial charge in [-0.1, -0.05) is 135 Å². The normalized spacial score (nSPS) is 12.9. The first-order chi connectivity index (χ1) is 27.6. The Hall–Kier alpha value is -6.64. The zero-order valence-corrected chi connectivity index (χ0v) is 32.4. The summed E-state index contributed by atoms with van der Waals surface area (Å²) in [6.45, 7) is 8.37. The molecule has 1 aromatic heterocycles. The molecule has 0 spiro atoms. The minimum Gasteiger partial charge on any atom is -0.355 e. The second kappa shape index (κ2) is 13.6. The molecule has 56 heavy (non-hydrogen) atoms. The monoisotopic (exact) mass is 720 g/mol. The van der Waals surface area contributed by atoms with Gasteiger partial charge in [0.25, 0.3) is 0 Å². The van der Waals surface area contributed by atoms with E-state index in [0.717, 1.165) is 29.7 Å². The number of fused-ring (bicyclic) bond motifs is 3. The molecule has 0 aliphatic heterocycles. The first-order valence-electron chi connectivity index (χ1n) is 20.0. The van der Waals surface area contributed by atoms with E-state index in [0.29, 0.717) is 0 Å². The first kappa shape index (κ1) is 33.9. The number of nitrogens with zero attached hydrogens (tertiary/aromatic N) is 1. The number of aromatic amines is 1. The maximum atomic E-state index is 3.60. The summed E-state index contributed by atoms with van der Waals surface area (Å²) in [6, 6.07) is 53.4. The van der Waals surface area contributed by atoms with Crippen molar-refractivity contribution in [2.75, 3.05) is 4.90 Å². The predicted molar refractivity (Wildman–Crippen MR) is 244 cm³/mol. The van der Waals surface area contributed by atoms with Crippen LogP contribution in [-0.2, 0) is 6.42 Å². The van der Waals surface area contributed by atoms with Crippen molar-refractivity contribution in [3.63, 3.8) is 0 Å². The van der Waals surface area contributed by atoms with Gasteiger partial charge in [-0.3, -0.25) is 0 Å². The van der Waals surface area contributed by atoms with Gasteiger partial charge in [-0.05, 0) is 141 Å². The molecule has 1 heterocycles. The summed E-state index contributed by atoms with van der Waals surface area (Å²) >= 11 is 0. The maximum absolute atomic E-state index is 3.60. The highest BCUT2D eigenvalue weighted by molar-refractivity contribution is 6.26. The number of para-hydroxylation sites is 1. The molecule has 2 aliphatic carbocycles. The van der Waals surface area contributed by atoms with Gasteiger partial charge in [0.05, 0.1) is 5.69 Å². The average Bonchev–Trinajstić information content (AvgIpc) is 3.61. The van der Waals surface area contributed by atoms with Crippen molar-refractivity contribution in [1.29, 1.82) is 0 Å². The molecule has 10 aromatic rings. The number of allylic oxidation sites excluding steroid dienone is 3. The van der Waals surface area contributed by atoms with Gasteiger partial charge in [-0.2, -0.15) is 0 Å². The number of nitrogens with one attached hydrogen (secondary N) is 1. The maximum Gasteiger partial charge on any atom is 0.0540 e. The fourth-order valence-electron chi connectivity index (χ4n) is 9.23. The number of hydrogen-bond acceptors (Lipinski definition) is 1. The van der Waals surface area contributed by atoms with Crippen LogP contribution in [0.3, 0.4) is 0 Å². The van der Waals surface area contributed by atoms with Crippen LogP contribution in [0.1, 0.15) is 48.1 Å². The molecular weight excluding hydrogens is 677 g/mol. The number of anilines is 3. The smallest absolute Gasteiger partial charge is 0.0540 e. The predicted octanol–water partition coefficient (Wildman–Crippen LogP) is 15.5. The lowest BCUT2D eigenvalue weighted by Gasteiger charge is -2.27. The Kier molecular flexibility index (Phi) is 8.22. The summed E-state index contributed by atoms with van der Waals surface area (Å²) in [6.07, 6.45) is 9.14. The van der Waals surface area contributed by atoms with E-state index in [1.165, 1.54) is 98.5 Å². The second-order valence-electron chi connectivity index (χ2n) is 15.0. The van der Waals surface area contributed by atoms with E-state index in [1.807, 2.05) is 13.8 Å². The Morgan fingerprint density at radius 1 is 0.518 bits per heavy atom. The van der Waals surface area contributed by atoms with Gasteiger partial charge in [-0.15, -0.1) is 0 Å². The molecule has 1 N–H and O–H groups in total. The number of aryl methyl sites for hydroxylation is 2. The van der Waals surface area contributed by atoms with E-state index in [1.54, 1.807) is 0 Å². The third kappa shape index (κ3) is 5.39. The van der Waals surface area contributed by atoms with Crippen LogP contribution in [0.4, 0.5) is 17.1 Å². The van der Waals surface area contributed by atoms with Crippen molar-refractivity contribution in [2.45, 2.75) is 40.5 Å². The van der Waals surface area contributed by atoms with E-state index >= 15 is 0 Å². The number of H-pyrrole nitrogens is 1. The molecule has 0 amide bonds. The Bertz CT molecular complexity index is 3160. The fourth-order valence-corrected chi connectivity index (χ4v) is 9.23. The summed E-state index contributed by atoms with van der Waals surface area (Å²) in [4.78, 5) is 6.00. The second-order valence-corrected chi connectivity index (χ2v) is 15.0. The molecule has 0 atom stereocenters. The van der Waals surface area contributed by atoms with Crippen molar-refractivity contribution in [3.8, 4) is 0 Å². The highest BCUT2D eigenvalue weighted by Gasteiger charge is 2.21. The third-order valence-corrected chi connectivity index (χ3v) is 11.8. The molecule has 0 saturated carbocycles. The fraction of sp³-hybridized carbons (Fsp3) is 0.111. The molecule has 2 nitrogen and oxygen atoms in total. The van der Waals surface area contributed by atoms with Crippen LogP contribution >= 0.6 is 0 Å². The third-order valence-electron chi connectivity index (χ3n) is 11.8. The average molecular weight is 721 g/mol. The van der Waals surface area contributed by atoms with Crippen LogP contribution in [0, 0.1) is 13.8 Å². The summed E-state index contributed by atoms with van der Waals surface area (Å²) in [5, 5.41) is 13.2. The quantitative estimate of drug-likeness (QED) is 0.180. The lowest BCUT2D eigenvalue weighted by molar-refractivity contribution is 1.22. The molecule has 2 aliphatic rings. The van der Waals surface area contributed by atoms with Crippen molar-refractivity contribution in [3.05, 3.63) is 186 Å². The van der Waals surface area contributed by atoms with Crippen LogP contribution < -0.4 is 4.90 Å². The molecule has 0 radical (unpaired) electrons. The van der Waals surface area contributed by atoms with E-state index < -0.39 is 0 Å². The van der Waals surface area contributed by atoms with E-state index in [-0.39, 0.29) is 0 Å². The van der Waals surface area contributed by atoms with Crippen LogP contribution in [-0.4, -0.2) is 4.98 Å². The number of aromatic nitrogens is 1. The van der Waals surface area contributed by atoms with Gasteiger partial charge >= 0.3 is 0 Å². The van der Waals surface area contributed by atoms with Crippen molar-refractivity contribution >= 4 is 93.6 Å². The van der Waals surface area contributed by atoms with Gasteiger partial charge in [0, 0.05) is 38.6 Å². The highest BCUT2D eigenvalue weighted by Crippen LogP contribution is 2.45. The molecule has 2 heteroatoms. The van der Waals surface area contributed by atoms with Crippen molar-refractivity contribution in [2.24, 2.45) is 0 Å². The summed E-state index contributed by atoms with van der Waals surface area (Å²) < 4.78 is 0. The summed E-state index contributed by atoms with van der Waals surface area (Å²) in [5.41, 5.74) is 14.4. The van der Waals surface area contributed by atoms with Gasteiger partial charge in [0.15, 0.2) is 0 Å². The molecule has 12 rings (SSSR count). The minimum atomic E-state index is 1.09. The summed E-state index contributed by atoms with van der Waals surface area (Å²) in [7, 11) is 0. The van der Waals surface area contributed by atoms with E-state index in [9.17, 15) is 0 Å². The lowest BCUT2D eigenvalue weighted by atomic mass is 9.81. The Morgan fingerprint density at radius 3 is 2.05 bits per heavy atom. The standard InChI is InChI=1S/C35H24N2.C17H14.C2H6/c1-22-10-17-31-29(20-22)30-21-27(15-18-32(30)36-31)37(26-8-3-2-4-9-26)33-19-14-25-12-11-23-6-5-7-24-13-16-28(33)35(25)34(23)24;1-11-5-6-14-8-7-12-3-2-4-13-9-10-15(11)17(14)16(12)13;1-2/h2-21,36H,1H3;2,4-7,9-10H,3,8H2,1H3;1-2H3. The molecule has 0 saturated heterocycles. The first-order valence-corrected chi connectivity index (χ1v) is 20.0. The van der Waals surface area contributed by atoms with E-state index in [2.05, 4.69) is 188 Å². The van der Waals surface area contributed by atoms with Gasteiger partial charge in [-0.25, -0.2) is 0 Å². The van der Waals surface area contributed by atoms with Crippen LogP contribution in [0.25, 0.3) is 76.5 Å². The topological polar surface area (TPSA) is 19.0 Å². The van der Waals surface area contributed by atoms with E-state index in [4.69, 9.17) is 0 Å². The molecule has 270 valence electrons. The molecule has 0 fully saturated rings. The SMILES string of the molecule is CC.Cc1ccc2[nH]c3ccc(N(c4ccccc4)c4ccc5ccc6cccc7ccc4c5c67)cc3c2c1.Cc1ccc2c3c4c(ccc13)C=CCC4=CC2. The molecular formula is C54H44N2. The molecule has 0 unspecified atom stereocenters. The van der Waals surface area contributed by atoms with Crippen LogP contribution in [0.2, 0.25) is 0 Å². The largest absolute Gasteiger partial charge is 0.355 e. The van der Waals surface area contributed by atoms with Gasteiger partial charge < -0.3 is 9.88 Å². The zero-order chi connectivity index (χ0) is 37.9. The highest BCUT2D eigenvalue weighted by atomic mass is 15.1. The minimum absolute atomic E-state index is 1.09. The number of rotatable bonds is 3. The number of benzene rings is 9. The van der Waals surface area contributed by atoms with Crippen molar-refractivity contribution < 1.29 is 0 Å². The van der Waals surface area contributed by atoms with Crippen LogP contribution in [0.15, 0.2) is 158 Å². The zero-order valence-electron chi connectivity index (χ0n) is 32.4. The van der Waals surface area contributed by atoms with Crippen molar-refractivity contribution in [1.82, 2.24) is 4.98 Å². The van der Waals surface area contributed by atoms with Gasteiger partial charge in [0.1, 0.15) is 0 Å². The lowest BCUT2D eigenvalue weighted by Crippen LogP contribution is -2.10. The Balaban J connectivity index is 0.000000168.